The van der Waals surface area contributed by atoms with Crippen molar-refractivity contribution in [3.8, 4) is 0 Å². The van der Waals surface area contributed by atoms with Gasteiger partial charge in [0, 0.05) is 11.5 Å². The van der Waals surface area contributed by atoms with Crippen LogP contribution in [0.25, 0.3) is 10.4 Å². The average molecular weight is 233 g/mol. The maximum atomic E-state index is 10.3. The lowest BCUT2D eigenvalue weighted by molar-refractivity contribution is 0.371. The minimum absolute atomic E-state index is 0.106. The first kappa shape index (κ1) is 13.2. The van der Waals surface area contributed by atoms with Gasteiger partial charge in [0.1, 0.15) is 5.69 Å². The van der Waals surface area contributed by atoms with Crippen LogP contribution in [0.4, 0.5) is 5.69 Å². The fraction of sp³-hybridized carbons (Fsp3) is 0.455. The number of nitrogens with zero attached hydrogens (tertiary/aromatic N) is 5. The number of azide groups is 1. The molecule has 1 unspecified atom stereocenters. The third-order valence-electron chi connectivity index (χ3n) is 2.30. The molecule has 0 saturated carbocycles. The zero-order valence-corrected chi connectivity index (χ0v) is 9.95. The van der Waals surface area contributed by atoms with Crippen molar-refractivity contribution >= 4 is 5.69 Å². The van der Waals surface area contributed by atoms with Gasteiger partial charge in [-0.1, -0.05) is 17.2 Å². The number of likely N-dealkylation sites (N-methyl/N-ethyl adjacent to an activating group) is 1. The van der Waals surface area contributed by atoms with Crippen LogP contribution >= 0.6 is 0 Å². The van der Waals surface area contributed by atoms with Crippen LogP contribution in [0.15, 0.2) is 34.6 Å². The Morgan fingerprint density at radius 1 is 1.35 bits per heavy atom. The molecule has 1 aromatic carbocycles. The van der Waals surface area contributed by atoms with Crippen LogP contribution < -0.4 is 0 Å². The number of hydrogen-bond donors (Lipinski definition) is 0. The predicted octanol–water partition coefficient (Wildman–Crippen LogP) is 2.87. The minimum atomic E-state index is -0.106. The summed E-state index contributed by atoms with van der Waals surface area (Å²) >= 11 is 0. The zero-order valence-electron chi connectivity index (χ0n) is 9.95. The number of hydrogen-bond acceptors (Lipinski definition) is 4. The Kier molecular flexibility index (Phi) is 5.13. The summed E-state index contributed by atoms with van der Waals surface area (Å²) in [6, 6.07) is 6.86. The van der Waals surface area contributed by atoms with Gasteiger partial charge in [-0.25, -0.2) is 0 Å². The Balaban J connectivity index is 2.71. The van der Waals surface area contributed by atoms with Crippen molar-refractivity contribution in [2.45, 2.75) is 12.5 Å². The van der Waals surface area contributed by atoms with Gasteiger partial charge in [-0.15, -0.1) is 4.91 Å². The molecular weight excluding hydrogens is 218 g/mol. The molecule has 0 radical (unpaired) electrons. The molecule has 6 heteroatoms. The highest BCUT2D eigenvalue weighted by atomic mass is 16.3. The summed E-state index contributed by atoms with van der Waals surface area (Å²) in [6.45, 7) is 0.692. The lowest BCUT2D eigenvalue weighted by atomic mass is 10.1. The molecular formula is C11H15N5O. The predicted molar refractivity (Wildman–Crippen MR) is 67.1 cm³/mol. The summed E-state index contributed by atoms with van der Waals surface area (Å²) in [6.07, 6.45) is 0.654. The van der Waals surface area contributed by atoms with Gasteiger partial charge in [-0.05, 0) is 48.9 Å². The molecule has 0 aliphatic rings. The van der Waals surface area contributed by atoms with Gasteiger partial charge in [0.2, 0.25) is 0 Å². The summed E-state index contributed by atoms with van der Waals surface area (Å²) in [5.74, 6) is 0. The second kappa shape index (κ2) is 6.62. The van der Waals surface area contributed by atoms with E-state index in [0.717, 1.165) is 5.56 Å². The van der Waals surface area contributed by atoms with Crippen molar-refractivity contribution in [3.63, 3.8) is 0 Å². The second-order valence-electron chi connectivity index (χ2n) is 4.08. The Labute approximate surface area is 99.8 Å². The van der Waals surface area contributed by atoms with Gasteiger partial charge in [0.15, 0.2) is 0 Å². The highest BCUT2D eigenvalue weighted by Gasteiger charge is 2.08. The summed E-state index contributed by atoms with van der Waals surface area (Å²) in [4.78, 5) is 15.1. The quantitative estimate of drug-likeness (QED) is 0.327. The number of benzene rings is 1. The van der Waals surface area contributed by atoms with Crippen molar-refractivity contribution in [2.75, 3.05) is 20.6 Å². The Morgan fingerprint density at radius 3 is 2.47 bits per heavy atom. The van der Waals surface area contributed by atoms with Crippen LogP contribution in [0.5, 0.6) is 0 Å². The van der Waals surface area contributed by atoms with E-state index in [9.17, 15) is 4.91 Å². The summed E-state index contributed by atoms with van der Waals surface area (Å²) in [5.41, 5.74) is 9.92. The van der Waals surface area contributed by atoms with E-state index >= 15 is 0 Å². The Hall–Kier alpha value is -1.91. The fourth-order valence-electron chi connectivity index (χ4n) is 1.60. The summed E-state index contributed by atoms with van der Waals surface area (Å²) in [5, 5.41) is 6.59. The van der Waals surface area contributed by atoms with Gasteiger partial charge in [0.25, 0.3) is 0 Å². The molecule has 0 aromatic heterocycles. The van der Waals surface area contributed by atoms with E-state index in [1.807, 2.05) is 31.1 Å². The van der Waals surface area contributed by atoms with Gasteiger partial charge in [0.05, 0.1) is 6.04 Å². The molecule has 0 saturated heterocycles. The molecule has 0 N–H and O–H groups in total. The van der Waals surface area contributed by atoms with Crippen LogP contribution in [0, 0.1) is 4.91 Å². The van der Waals surface area contributed by atoms with Crippen LogP contribution in [0.3, 0.4) is 0 Å². The van der Waals surface area contributed by atoms with Crippen molar-refractivity contribution in [2.24, 2.45) is 10.3 Å². The van der Waals surface area contributed by atoms with E-state index in [2.05, 4.69) is 15.2 Å². The first-order chi connectivity index (χ1) is 8.15. The first-order valence-corrected chi connectivity index (χ1v) is 5.27. The molecule has 1 atom stereocenters. The molecule has 90 valence electrons. The van der Waals surface area contributed by atoms with E-state index < -0.39 is 0 Å². The van der Waals surface area contributed by atoms with E-state index in [0.29, 0.717) is 18.7 Å². The largest absolute Gasteiger partial charge is 0.309 e. The second-order valence-corrected chi connectivity index (χ2v) is 4.08. The molecule has 0 fully saturated rings. The molecule has 0 aliphatic carbocycles. The van der Waals surface area contributed by atoms with E-state index in [-0.39, 0.29) is 6.04 Å². The van der Waals surface area contributed by atoms with Crippen LogP contribution in [-0.4, -0.2) is 31.6 Å². The van der Waals surface area contributed by atoms with Crippen LogP contribution in [0.1, 0.15) is 5.56 Å². The third kappa shape index (κ3) is 4.63. The molecule has 0 spiro atoms. The molecule has 0 bridgehead atoms. The number of nitroso groups, excluding NO2 is 1. The standard InChI is InChI=1S/C11H15N5O/c1-16(2)8-11(13-15-12)7-9-3-5-10(14-17)6-4-9/h3-6,11H,7-8H2,1-2H3. The maximum Gasteiger partial charge on any atom is 0.108 e. The van der Waals surface area contributed by atoms with Gasteiger partial charge in [-0.2, -0.15) is 0 Å². The lowest BCUT2D eigenvalue weighted by Crippen LogP contribution is -2.25. The average Bonchev–Trinajstić information content (AvgIpc) is 2.29. The van der Waals surface area contributed by atoms with Gasteiger partial charge >= 0.3 is 0 Å². The minimum Gasteiger partial charge on any atom is -0.309 e. The monoisotopic (exact) mass is 233 g/mol. The molecule has 17 heavy (non-hydrogen) atoms. The smallest absolute Gasteiger partial charge is 0.108 e. The molecule has 1 aromatic rings. The third-order valence-corrected chi connectivity index (χ3v) is 2.30. The zero-order chi connectivity index (χ0) is 12.7. The number of rotatable bonds is 6. The Bertz CT molecular complexity index is 408. The van der Waals surface area contributed by atoms with Crippen molar-refractivity contribution in [1.29, 1.82) is 0 Å². The van der Waals surface area contributed by atoms with Crippen LogP contribution in [-0.2, 0) is 6.42 Å². The van der Waals surface area contributed by atoms with Crippen molar-refractivity contribution < 1.29 is 0 Å². The molecule has 6 nitrogen and oxygen atoms in total. The summed E-state index contributed by atoms with van der Waals surface area (Å²) < 4.78 is 0. The van der Waals surface area contributed by atoms with E-state index in [1.165, 1.54) is 0 Å². The SMILES string of the molecule is CN(C)CC(Cc1ccc(N=O)cc1)N=[N+]=[N-]. The maximum absolute atomic E-state index is 10.3. The van der Waals surface area contributed by atoms with Gasteiger partial charge < -0.3 is 4.90 Å². The lowest BCUT2D eigenvalue weighted by Gasteiger charge is -2.16. The normalized spacial score (nSPS) is 11.9. The summed E-state index contributed by atoms with van der Waals surface area (Å²) in [7, 11) is 3.86. The van der Waals surface area contributed by atoms with Crippen LogP contribution in [0.2, 0.25) is 0 Å². The Morgan fingerprint density at radius 2 is 2.00 bits per heavy atom. The van der Waals surface area contributed by atoms with Crippen molar-refractivity contribution in [3.05, 3.63) is 45.2 Å². The topological polar surface area (TPSA) is 81.4 Å². The fourth-order valence-corrected chi connectivity index (χ4v) is 1.60. The van der Waals surface area contributed by atoms with Crippen molar-refractivity contribution in [1.82, 2.24) is 4.90 Å². The first-order valence-electron chi connectivity index (χ1n) is 5.27. The molecule has 0 heterocycles. The highest BCUT2D eigenvalue weighted by molar-refractivity contribution is 5.38. The van der Waals surface area contributed by atoms with E-state index in [4.69, 9.17) is 5.53 Å². The molecule has 0 aliphatic heterocycles. The molecule has 0 amide bonds. The molecule has 1 rings (SSSR count). The highest BCUT2D eigenvalue weighted by Crippen LogP contribution is 2.14. The van der Waals surface area contributed by atoms with Gasteiger partial charge in [-0.3, -0.25) is 0 Å². The van der Waals surface area contributed by atoms with E-state index in [1.54, 1.807) is 12.1 Å².